The molecule has 3 heteroatoms. The molecular formula is C12H8BrNO. The van der Waals surface area contributed by atoms with E-state index in [1.165, 1.54) is 0 Å². The fraction of sp³-hybridized carbons (Fsp3) is 0. The maximum Gasteiger partial charge on any atom is 0.164 e. The van der Waals surface area contributed by atoms with Crippen LogP contribution in [-0.4, -0.2) is 0 Å². The van der Waals surface area contributed by atoms with Crippen molar-refractivity contribution in [3.8, 4) is 16.9 Å². The van der Waals surface area contributed by atoms with Gasteiger partial charge in [0.15, 0.2) is 5.75 Å². The molecule has 0 saturated carbocycles. The maximum absolute atomic E-state index is 5.45. The van der Waals surface area contributed by atoms with Gasteiger partial charge in [0.1, 0.15) is 0 Å². The van der Waals surface area contributed by atoms with Crippen LogP contribution in [0.1, 0.15) is 0 Å². The van der Waals surface area contributed by atoms with Crippen LogP contribution in [0.3, 0.4) is 0 Å². The molecule has 15 heavy (non-hydrogen) atoms. The standard InChI is InChI=1S/C12H8BrNO/c13-9-5-3-7-11-12(9)8-4-1-2-6-10(8)14-15-11/h1-7,14H. The van der Waals surface area contributed by atoms with Gasteiger partial charge in [-0.2, -0.15) is 0 Å². The quantitative estimate of drug-likeness (QED) is 0.778. The molecule has 0 spiro atoms. The van der Waals surface area contributed by atoms with Crippen LogP contribution < -0.4 is 10.3 Å². The minimum Gasteiger partial charge on any atom is -0.381 e. The molecule has 74 valence electrons. The second kappa shape index (κ2) is 3.28. The minimum atomic E-state index is 0.850. The predicted molar refractivity (Wildman–Crippen MR) is 63.8 cm³/mol. The third-order valence-electron chi connectivity index (χ3n) is 2.44. The van der Waals surface area contributed by atoms with Crippen LogP contribution in [0.5, 0.6) is 5.75 Å². The van der Waals surface area contributed by atoms with Gasteiger partial charge < -0.3 is 4.84 Å². The Labute approximate surface area is 96.0 Å². The number of benzene rings is 2. The first-order valence-corrected chi connectivity index (χ1v) is 5.46. The highest BCUT2D eigenvalue weighted by Gasteiger charge is 2.18. The number of hydrogen-bond acceptors (Lipinski definition) is 2. The Morgan fingerprint density at radius 3 is 2.80 bits per heavy atom. The van der Waals surface area contributed by atoms with Crippen molar-refractivity contribution in [2.24, 2.45) is 0 Å². The van der Waals surface area contributed by atoms with Crippen molar-refractivity contribution in [3.05, 3.63) is 46.9 Å². The van der Waals surface area contributed by atoms with Gasteiger partial charge in [0.2, 0.25) is 0 Å². The summed E-state index contributed by atoms with van der Waals surface area (Å²) in [6, 6.07) is 14.0. The predicted octanol–water partition coefficient (Wildman–Crippen LogP) is 3.84. The van der Waals surface area contributed by atoms with E-state index in [2.05, 4.69) is 27.5 Å². The Hall–Kier alpha value is -1.48. The van der Waals surface area contributed by atoms with Gasteiger partial charge in [-0.1, -0.05) is 40.2 Å². The van der Waals surface area contributed by atoms with E-state index in [1.54, 1.807) is 0 Å². The smallest absolute Gasteiger partial charge is 0.164 e. The highest BCUT2D eigenvalue weighted by atomic mass is 79.9. The maximum atomic E-state index is 5.45. The van der Waals surface area contributed by atoms with Gasteiger partial charge in [0.05, 0.1) is 5.69 Å². The molecule has 1 aliphatic rings. The van der Waals surface area contributed by atoms with Crippen molar-refractivity contribution in [1.29, 1.82) is 0 Å². The molecule has 0 bridgehead atoms. The number of anilines is 1. The van der Waals surface area contributed by atoms with Crippen molar-refractivity contribution in [2.75, 3.05) is 5.48 Å². The molecule has 2 nitrogen and oxygen atoms in total. The first kappa shape index (κ1) is 8.80. The normalized spacial score (nSPS) is 12.1. The molecule has 0 unspecified atom stereocenters. The number of rotatable bonds is 0. The summed E-state index contributed by atoms with van der Waals surface area (Å²) in [5.74, 6) is 0.850. The number of fused-ring (bicyclic) bond motifs is 3. The van der Waals surface area contributed by atoms with Crippen LogP contribution in [0.25, 0.3) is 11.1 Å². The fourth-order valence-corrected chi connectivity index (χ4v) is 2.31. The average Bonchev–Trinajstić information content (AvgIpc) is 2.29. The van der Waals surface area contributed by atoms with Crippen LogP contribution in [0, 0.1) is 0 Å². The summed E-state index contributed by atoms with van der Waals surface area (Å²) in [7, 11) is 0. The highest BCUT2D eigenvalue weighted by Crippen LogP contribution is 2.42. The number of para-hydroxylation sites is 1. The molecular weight excluding hydrogens is 254 g/mol. The van der Waals surface area contributed by atoms with E-state index in [1.807, 2.05) is 36.4 Å². The number of halogens is 1. The lowest BCUT2D eigenvalue weighted by Gasteiger charge is -2.21. The number of nitrogens with one attached hydrogen (secondary N) is 1. The van der Waals surface area contributed by atoms with Gasteiger partial charge >= 0.3 is 0 Å². The molecule has 0 amide bonds. The Morgan fingerprint density at radius 1 is 1.00 bits per heavy atom. The third kappa shape index (κ3) is 1.31. The van der Waals surface area contributed by atoms with E-state index in [-0.39, 0.29) is 0 Å². The SMILES string of the molecule is Brc1cccc2c1-c1ccccc1NO2. The molecule has 1 heterocycles. The van der Waals surface area contributed by atoms with Crippen molar-refractivity contribution in [2.45, 2.75) is 0 Å². The van der Waals surface area contributed by atoms with Crippen LogP contribution in [-0.2, 0) is 0 Å². The molecule has 0 fully saturated rings. The molecule has 3 rings (SSSR count). The second-order valence-corrected chi connectivity index (χ2v) is 4.22. The number of hydrogen-bond donors (Lipinski definition) is 1. The van der Waals surface area contributed by atoms with Crippen molar-refractivity contribution in [1.82, 2.24) is 0 Å². The molecule has 1 N–H and O–H groups in total. The van der Waals surface area contributed by atoms with E-state index in [0.29, 0.717) is 0 Å². The van der Waals surface area contributed by atoms with Gasteiger partial charge in [-0.05, 0) is 18.2 Å². The van der Waals surface area contributed by atoms with E-state index < -0.39 is 0 Å². The first-order valence-electron chi connectivity index (χ1n) is 4.67. The fourth-order valence-electron chi connectivity index (χ4n) is 1.75. The minimum absolute atomic E-state index is 0.850. The summed E-state index contributed by atoms with van der Waals surface area (Å²) in [4.78, 5) is 5.45. The Kier molecular flexibility index (Phi) is 1.92. The monoisotopic (exact) mass is 261 g/mol. The van der Waals surface area contributed by atoms with E-state index in [4.69, 9.17) is 4.84 Å². The molecule has 0 saturated heterocycles. The average molecular weight is 262 g/mol. The Morgan fingerprint density at radius 2 is 1.87 bits per heavy atom. The lowest BCUT2D eigenvalue weighted by molar-refractivity contribution is 0.402. The Bertz CT molecular complexity index is 525. The summed E-state index contributed by atoms with van der Waals surface area (Å²) in [6.45, 7) is 0. The van der Waals surface area contributed by atoms with E-state index in [9.17, 15) is 0 Å². The summed E-state index contributed by atoms with van der Waals surface area (Å²) < 4.78 is 1.05. The van der Waals surface area contributed by atoms with Crippen molar-refractivity contribution >= 4 is 21.6 Å². The molecule has 2 aromatic carbocycles. The third-order valence-corrected chi connectivity index (χ3v) is 3.10. The van der Waals surface area contributed by atoms with E-state index in [0.717, 1.165) is 27.0 Å². The topological polar surface area (TPSA) is 21.3 Å². The Balaban J connectivity index is 2.33. The molecule has 0 radical (unpaired) electrons. The molecule has 0 atom stereocenters. The zero-order valence-corrected chi connectivity index (χ0v) is 9.41. The van der Waals surface area contributed by atoms with Crippen LogP contribution in [0.15, 0.2) is 46.9 Å². The summed E-state index contributed by atoms with van der Waals surface area (Å²) in [6.07, 6.45) is 0. The van der Waals surface area contributed by atoms with Gasteiger partial charge in [0, 0.05) is 15.6 Å². The zero-order chi connectivity index (χ0) is 10.3. The summed E-state index contributed by atoms with van der Waals surface area (Å²) >= 11 is 3.54. The first-order chi connectivity index (χ1) is 7.36. The second-order valence-electron chi connectivity index (χ2n) is 3.36. The van der Waals surface area contributed by atoms with Gasteiger partial charge in [-0.3, -0.25) is 0 Å². The molecule has 2 aromatic rings. The van der Waals surface area contributed by atoms with Crippen molar-refractivity contribution < 1.29 is 4.84 Å². The van der Waals surface area contributed by atoms with E-state index >= 15 is 0 Å². The summed E-state index contributed by atoms with van der Waals surface area (Å²) in [5, 5.41) is 0. The van der Waals surface area contributed by atoms with Crippen LogP contribution in [0.2, 0.25) is 0 Å². The molecule has 0 aromatic heterocycles. The summed E-state index contributed by atoms with van der Waals surface area (Å²) in [5.41, 5.74) is 6.18. The largest absolute Gasteiger partial charge is 0.381 e. The van der Waals surface area contributed by atoms with Gasteiger partial charge in [-0.15, -0.1) is 0 Å². The lowest BCUT2D eigenvalue weighted by Crippen LogP contribution is -2.11. The van der Waals surface area contributed by atoms with Crippen molar-refractivity contribution in [3.63, 3.8) is 0 Å². The van der Waals surface area contributed by atoms with Gasteiger partial charge in [0.25, 0.3) is 0 Å². The highest BCUT2D eigenvalue weighted by molar-refractivity contribution is 9.10. The lowest BCUT2D eigenvalue weighted by atomic mass is 10.0. The van der Waals surface area contributed by atoms with Gasteiger partial charge in [-0.25, -0.2) is 5.48 Å². The van der Waals surface area contributed by atoms with Crippen LogP contribution >= 0.6 is 15.9 Å². The molecule has 0 aliphatic carbocycles. The molecule has 1 aliphatic heterocycles. The van der Waals surface area contributed by atoms with Crippen LogP contribution in [0.4, 0.5) is 5.69 Å². The zero-order valence-electron chi connectivity index (χ0n) is 7.83.